The lowest BCUT2D eigenvalue weighted by Gasteiger charge is -2.30. The Morgan fingerprint density at radius 2 is 1.10 bits per heavy atom. The highest BCUT2D eigenvalue weighted by molar-refractivity contribution is 7.98. The van der Waals surface area contributed by atoms with Crippen molar-refractivity contribution in [2.45, 2.75) is 164 Å². The number of aliphatic hydroxyl groups excluding tert-OH is 1. The highest BCUT2D eigenvalue weighted by Gasteiger charge is 2.33. The summed E-state index contributed by atoms with van der Waals surface area (Å²) in [7, 11) is 0. The zero-order valence-corrected chi connectivity index (χ0v) is 33.3. The number of carbonyl (C=O) groups excluding carboxylic acids is 5. The first-order valence-electron chi connectivity index (χ1n) is 17.9. The lowest BCUT2D eigenvalue weighted by Crippen LogP contribution is -2.57. The van der Waals surface area contributed by atoms with Gasteiger partial charge in [-0.05, 0) is 103 Å². The molecule has 49 heavy (non-hydrogen) atoms. The number of carbonyl (C=O) groups is 5. The van der Waals surface area contributed by atoms with Crippen LogP contribution in [0.5, 0.6) is 0 Å². The summed E-state index contributed by atoms with van der Waals surface area (Å²) >= 11 is 1.63. The summed E-state index contributed by atoms with van der Waals surface area (Å²) in [6.07, 6.45) is 2.51. The molecule has 12 nitrogen and oxygen atoms in total. The van der Waals surface area contributed by atoms with Gasteiger partial charge < -0.3 is 36.4 Å². The van der Waals surface area contributed by atoms with Gasteiger partial charge in [0.15, 0.2) is 0 Å². The van der Waals surface area contributed by atoms with Crippen molar-refractivity contribution in [2.24, 2.45) is 23.7 Å². The van der Waals surface area contributed by atoms with Crippen LogP contribution in [0.1, 0.15) is 122 Å². The van der Waals surface area contributed by atoms with Gasteiger partial charge in [-0.3, -0.25) is 19.2 Å². The van der Waals surface area contributed by atoms with E-state index in [1.54, 1.807) is 39.5 Å². The van der Waals surface area contributed by atoms with E-state index < -0.39 is 59.7 Å². The van der Waals surface area contributed by atoms with Gasteiger partial charge in [0.25, 0.3) is 0 Å². The predicted octanol–water partition coefficient (Wildman–Crippen LogP) is 4.53. The Labute approximate surface area is 300 Å². The van der Waals surface area contributed by atoms with Crippen molar-refractivity contribution in [1.29, 1.82) is 0 Å². The van der Waals surface area contributed by atoms with Gasteiger partial charge in [-0.25, -0.2) is 4.79 Å². The molecule has 0 aliphatic rings. The molecule has 0 aromatic carbocycles. The molecule has 0 aliphatic heterocycles. The summed E-state index contributed by atoms with van der Waals surface area (Å²) in [4.78, 5) is 65.8. The van der Waals surface area contributed by atoms with E-state index in [2.05, 4.69) is 26.6 Å². The van der Waals surface area contributed by atoms with E-state index in [1.165, 1.54) is 0 Å². The second-order valence-electron chi connectivity index (χ2n) is 15.8. The average molecular weight is 716 g/mol. The van der Waals surface area contributed by atoms with E-state index in [0.717, 1.165) is 5.75 Å². The van der Waals surface area contributed by atoms with Crippen molar-refractivity contribution >= 4 is 41.5 Å². The predicted molar refractivity (Wildman–Crippen MR) is 198 cm³/mol. The Hall–Kier alpha value is -2.54. The Balaban J connectivity index is 5.92. The fourth-order valence-electron chi connectivity index (χ4n) is 5.26. The molecule has 0 radical (unpaired) electrons. The molecule has 0 unspecified atom stereocenters. The van der Waals surface area contributed by atoms with Crippen molar-refractivity contribution in [2.75, 3.05) is 12.0 Å². The third-order valence-corrected chi connectivity index (χ3v) is 8.22. The summed E-state index contributed by atoms with van der Waals surface area (Å²) in [6.45, 7) is 22.4. The van der Waals surface area contributed by atoms with E-state index in [-0.39, 0.29) is 42.0 Å². The third-order valence-electron chi connectivity index (χ3n) is 7.52. The maximum atomic E-state index is 13.8. The van der Waals surface area contributed by atoms with Gasteiger partial charge in [0.2, 0.25) is 23.6 Å². The molecule has 0 aromatic rings. The molecule has 286 valence electrons. The second-order valence-corrected chi connectivity index (χ2v) is 16.8. The highest BCUT2D eigenvalue weighted by atomic mass is 32.2. The maximum absolute atomic E-state index is 13.8. The average Bonchev–Trinajstić information content (AvgIpc) is 2.93. The quantitative estimate of drug-likeness (QED) is 0.0887. The number of hydrogen-bond acceptors (Lipinski definition) is 8. The first kappa shape index (κ1) is 46.5. The van der Waals surface area contributed by atoms with Gasteiger partial charge in [-0.2, -0.15) is 11.8 Å². The number of thioether (sulfide) groups is 1. The van der Waals surface area contributed by atoms with Crippen LogP contribution in [0.15, 0.2) is 0 Å². The van der Waals surface area contributed by atoms with Crippen molar-refractivity contribution in [3.63, 3.8) is 0 Å². The van der Waals surface area contributed by atoms with Crippen LogP contribution in [0.25, 0.3) is 0 Å². The summed E-state index contributed by atoms with van der Waals surface area (Å²) in [5, 5.41) is 25.6. The number of alkyl carbamates (subject to hydrolysis) is 1. The van der Waals surface area contributed by atoms with E-state index in [9.17, 15) is 29.1 Å². The summed E-state index contributed by atoms with van der Waals surface area (Å²) in [6, 6.07) is -3.28. The Morgan fingerprint density at radius 1 is 0.633 bits per heavy atom. The maximum Gasteiger partial charge on any atom is 0.408 e. The first-order valence-corrected chi connectivity index (χ1v) is 19.3. The largest absolute Gasteiger partial charge is 0.444 e. The molecule has 0 heterocycles. The van der Waals surface area contributed by atoms with Gasteiger partial charge in [0, 0.05) is 12.0 Å². The monoisotopic (exact) mass is 715 g/mol. The van der Waals surface area contributed by atoms with Gasteiger partial charge in [-0.15, -0.1) is 0 Å². The summed E-state index contributed by atoms with van der Waals surface area (Å²) in [5.74, 6) is -1.05. The molecule has 6 atom stereocenters. The summed E-state index contributed by atoms with van der Waals surface area (Å²) in [5.41, 5.74) is -0.744. The SMILES string of the molecule is CSCCC[C@H](NC(=O)[C@H](CC(C)C)NC(=O)OC(C)(C)C)C(=O)N[C@@H](CC(C)C)[C@@H](O)C[C@@H](C)C(=O)N[C@@H](CC(C)C)C(=O)NC(C)C. The van der Waals surface area contributed by atoms with Crippen LogP contribution in [0.3, 0.4) is 0 Å². The van der Waals surface area contributed by atoms with Gasteiger partial charge >= 0.3 is 6.09 Å². The number of nitrogens with one attached hydrogen (secondary N) is 5. The number of hydrogen-bond donors (Lipinski definition) is 6. The number of ether oxygens (including phenoxy) is 1. The smallest absolute Gasteiger partial charge is 0.408 e. The molecule has 0 spiro atoms. The molecule has 0 saturated heterocycles. The van der Waals surface area contributed by atoms with E-state index in [1.807, 2.05) is 61.6 Å². The molecular formula is C36H69N5O7S. The molecule has 0 saturated carbocycles. The third kappa shape index (κ3) is 21.3. The minimum Gasteiger partial charge on any atom is -0.444 e. The molecule has 0 aromatic heterocycles. The van der Waals surface area contributed by atoms with Crippen LogP contribution < -0.4 is 26.6 Å². The van der Waals surface area contributed by atoms with Gasteiger partial charge in [0.1, 0.15) is 23.7 Å². The first-order chi connectivity index (χ1) is 22.6. The molecule has 0 aliphatic carbocycles. The van der Waals surface area contributed by atoms with Crippen molar-refractivity contribution in [1.82, 2.24) is 26.6 Å². The fourth-order valence-corrected chi connectivity index (χ4v) is 5.72. The summed E-state index contributed by atoms with van der Waals surface area (Å²) < 4.78 is 5.37. The van der Waals surface area contributed by atoms with Crippen LogP contribution in [0.4, 0.5) is 4.79 Å². The number of rotatable bonds is 22. The molecule has 0 bridgehead atoms. The van der Waals surface area contributed by atoms with E-state index in [4.69, 9.17) is 4.74 Å². The van der Waals surface area contributed by atoms with Crippen LogP contribution in [0, 0.1) is 23.7 Å². The van der Waals surface area contributed by atoms with Crippen molar-refractivity contribution < 1.29 is 33.8 Å². The molecule has 0 fully saturated rings. The van der Waals surface area contributed by atoms with Crippen LogP contribution in [-0.2, 0) is 23.9 Å². The molecular weight excluding hydrogens is 646 g/mol. The zero-order valence-electron chi connectivity index (χ0n) is 32.5. The minimum atomic E-state index is -1.06. The van der Waals surface area contributed by atoms with Crippen LogP contribution in [0.2, 0.25) is 0 Å². The molecule has 6 N–H and O–H groups in total. The fraction of sp³-hybridized carbons (Fsp3) is 0.861. The minimum absolute atomic E-state index is 0.0590. The Morgan fingerprint density at radius 3 is 1.57 bits per heavy atom. The lowest BCUT2D eigenvalue weighted by molar-refractivity contribution is -0.132. The molecule has 5 amide bonds. The zero-order chi connectivity index (χ0) is 38.1. The van der Waals surface area contributed by atoms with E-state index in [0.29, 0.717) is 32.1 Å². The van der Waals surface area contributed by atoms with Crippen LogP contribution >= 0.6 is 11.8 Å². The van der Waals surface area contributed by atoms with Crippen molar-refractivity contribution in [3.05, 3.63) is 0 Å². The topological polar surface area (TPSA) is 175 Å². The normalized spacial score (nSPS) is 15.6. The lowest BCUT2D eigenvalue weighted by atomic mass is 9.91. The highest BCUT2D eigenvalue weighted by Crippen LogP contribution is 2.18. The van der Waals surface area contributed by atoms with Crippen LogP contribution in [-0.4, -0.2) is 88.8 Å². The number of aliphatic hydroxyl groups is 1. The molecule has 0 rings (SSSR count). The van der Waals surface area contributed by atoms with Gasteiger partial charge in [0.05, 0.1) is 12.1 Å². The number of amides is 5. The standard InChI is InChI=1S/C36H69N5O7S/c1-21(2)17-27(30(42)20-25(9)31(43)40-28(18-22(3)4)33(45)37-24(7)8)39-32(44)26(15-14-16-49-13)38-34(46)29(19-23(5)6)41-35(47)48-36(10,11)12/h21-30,42H,14-20H2,1-13H3,(H,37,45)(H,38,46)(H,39,44)(H,40,43)(H,41,47)/t25-,26+,27+,28+,29+,30+/m1/s1. The van der Waals surface area contributed by atoms with Gasteiger partial charge in [-0.1, -0.05) is 48.5 Å². The molecule has 13 heteroatoms. The Bertz CT molecular complexity index is 1030. The Kier molecular flexibility index (Phi) is 21.8. The van der Waals surface area contributed by atoms with E-state index >= 15 is 0 Å². The second kappa shape index (κ2) is 23.0. The van der Waals surface area contributed by atoms with Crippen molar-refractivity contribution in [3.8, 4) is 0 Å².